The Morgan fingerprint density at radius 3 is 2.33 bits per heavy atom. The molecule has 1 heterocycles. The molecule has 1 aliphatic heterocycles. The second-order valence-corrected chi connectivity index (χ2v) is 8.87. The minimum absolute atomic E-state index is 0.653. The first-order valence-corrected chi connectivity index (χ1v) is 11.9. The molecule has 3 aliphatic rings. The third-order valence-electron chi connectivity index (χ3n) is 6.84. The standard InChI is InChI=1S/C25H42N2/c1-2-4-6-8-13-23-17-16-22-14-9-10-15-24(22)25(23)21-27-20-12-19-26-18-11-7-5-3-1/h5,7-8,13,16-17,22-27H,1-4,6,9-12,14-15,18-21H2/b7-5-,13-8+/t22-,23+,24+,25+/m0/s1. The van der Waals surface area contributed by atoms with Gasteiger partial charge >= 0.3 is 0 Å². The summed E-state index contributed by atoms with van der Waals surface area (Å²) in [6.07, 6.45) is 29.6. The summed E-state index contributed by atoms with van der Waals surface area (Å²) in [7, 11) is 0. The van der Waals surface area contributed by atoms with Crippen LogP contribution in [0.5, 0.6) is 0 Å². The number of allylic oxidation sites excluding steroid dienone is 5. The summed E-state index contributed by atoms with van der Waals surface area (Å²) in [4.78, 5) is 0. The molecule has 0 radical (unpaired) electrons. The topological polar surface area (TPSA) is 24.1 Å². The van der Waals surface area contributed by atoms with Gasteiger partial charge in [0.2, 0.25) is 0 Å². The Bertz CT molecular complexity index is 479. The Labute approximate surface area is 168 Å². The third-order valence-corrected chi connectivity index (χ3v) is 6.84. The Balaban J connectivity index is 1.56. The molecule has 0 bridgehead atoms. The number of hydrogen-bond acceptors (Lipinski definition) is 2. The van der Waals surface area contributed by atoms with E-state index in [4.69, 9.17) is 0 Å². The van der Waals surface area contributed by atoms with Crippen LogP contribution in [0, 0.1) is 23.7 Å². The van der Waals surface area contributed by atoms with Gasteiger partial charge in [-0.2, -0.15) is 0 Å². The zero-order valence-electron chi connectivity index (χ0n) is 17.4. The molecule has 0 unspecified atom stereocenters. The lowest BCUT2D eigenvalue weighted by molar-refractivity contribution is 0.156. The predicted octanol–water partition coefficient (Wildman–Crippen LogP) is 5.63. The molecular formula is C25H42N2. The predicted molar refractivity (Wildman–Crippen MR) is 118 cm³/mol. The number of rotatable bonds is 0. The van der Waals surface area contributed by atoms with Crippen LogP contribution in [0.15, 0.2) is 36.5 Å². The fraction of sp³-hybridized carbons (Fsp3) is 0.760. The van der Waals surface area contributed by atoms with E-state index in [0.717, 1.165) is 37.4 Å². The quantitative estimate of drug-likeness (QED) is 0.540. The largest absolute Gasteiger partial charge is 0.316 e. The maximum atomic E-state index is 3.81. The van der Waals surface area contributed by atoms with E-state index in [9.17, 15) is 0 Å². The summed E-state index contributed by atoms with van der Waals surface area (Å²) in [5, 5.41) is 7.40. The summed E-state index contributed by atoms with van der Waals surface area (Å²) in [6, 6.07) is 0. The van der Waals surface area contributed by atoms with Gasteiger partial charge in [0.25, 0.3) is 0 Å². The van der Waals surface area contributed by atoms with Gasteiger partial charge in [-0.3, -0.25) is 0 Å². The Hall–Kier alpha value is -0.860. The van der Waals surface area contributed by atoms with E-state index in [0.29, 0.717) is 5.92 Å². The molecule has 1 fully saturated rings. The van der Waals surface area contributed by atoms with Gasteiger partial charge in [-0.1, -0.05) is 55.7 Å². The van der Waals surface area contributed by atoms with Crippen molar-refractivity contribution < 1.29 is 0 Å². The number of hydrogen-bond donors (Lipinski definition) is 2. The summed E-state index contributed by atoms with van der Waals surface area (Å²) in [6.45, 7) is 4.61. The molecule has 0 saturated heterocycles. The van der Waals surface area contributed by atoms with Crippen LogP contribution in [0.2, 0.25) is 0 Å². The van der Waals surface area contributed by atoms with Gasteiger partial charge in [-0.25, -0.2) is 0 Å². The van der Waals surface area contributed by atoms with E-state index in [1.165, 1.54) is 77.2 Å². The van der Waals surface area contributed by atoms with Crippen molar-refractivity contribution in [2.45, 2.75) is 70.6 Å². The summed E-state index contributed by atoms with van der Waals surface area (Å²) in [5.41, 5.74) is 0. The zero-order chi connectivity index (χ0) is 18.6. The summed E-state index contributed by atoms with van der Waals surface area (Å²) >= 11 is 0. The SMILES string of the molecule is C1=C[C@H]2/C=C/CCCCC/C=C\CCNCCCNC[C@H]2[C@@H]2CCCC[C@@H]12. The summed E-state index contributed by atoms with van der Waals surface area (Å²) in [5.74, 6) is 3.21. The van der Waals surface area contributed by atoms with Crippen LogP contribution >= 0.6 is 0 Å². The van der Waals surface area contributed by atoms with Crippen LogP contribution in [0.25, 0.3) is 0 Å². The molecule has 2 N–H and O–H groups in total. The van der Waals surface area contributed by atoms with E-state index in [1.807, 2.05) is 0 Å². The fourth-order valence-electron chi connectivity index (χ4n) is 5.26. The second kappa shape index (κ2) is 12.6. The van der Waals surface area contributed by atoms with Crippen LogP contribution < -0.4 is 10.6 Å². The van der Waals surface area contributed by atoms with Crippen LogP contribution in [0.3, 0.4) is 0 Å². The van der Waals surface area contributed by atoms with E-state index < -0.39 is 0 Å². The number of fused-ring (bicyclic) bond motifs is 3. The molecule has 1 saturated carbocycles. The fourth-order valence-corrected chi connectivity index (χ4v) is 5.26. The molecule has 2 heteroatoms. The molecular weight excluding hydrogens is 328 g/mol. The molecule has 0 aromatic carbocycles. The highest BCUT2D eigenvalue weighted by molar-refractivity contribution is 5.12. The van der Waals surface area contributed by atoms with Crippen LogP contribution in [0.4, 0.5) is 0 Å². The van der Waals surface area contributed by atoms with Gasteiger partial charge in [0.1, 0.15) is 0 Å². The van der Waals surface area contributed by atoms with Crippen molar-refractivity contribution in [3.8, 4) is 0 Å². The third kappa shape index (κ3) is 7.23. The lowest BCUT2D eigenvalue weighted by atomic mass is 9.64. The Kier molecular flexibility index (Phi) is 9.71. The van der Waals surface area contributed by atoms with E-state index >= 15 is 0 Å². The van der Waals surface area contributed by atoms with Gasteiger partial charge < -0.3 is 10.6 Å². The van der Waals surface area contributed by atoms with E-state index in [2.05, 4.69) is 47.1 Å². The monoisotopic (exact) mass is 370 g/mol. The second-order valence-electron chi connectivity index (χ2n) is 8.87. The highest BCUT2D eigenvalue weighted by atomic mass is 14.9. The molecule has 2 nitrogen and oxygen atoms in total. The number of nitrogens with one attached hydrogen (secondary N) is 2. The van der Waals surface area contributed by atoms with Crippen molar-refractivity contribution in [3.05, 3.63) is 36.5 Å². The molecule has 0 aromatic heterocycles. The molecule has 152 valence electrons. The van der Waals surface area contributed by atoms with E-state index in [-0.39, 0.29) is 0 Å². The Morgan fingerprint density at radius 1 is 0.556 bits per heavy atom. The zero-order valence-corrected chi connectivity index (χ0v) is 17.4. The smallest absolute Gasteiger partial charge is 0.000900 e. The molecule has 0 aromatic rings. The van der Waals surface area contributed by atoms with Crippen LogP contribution in [-0.2, 0) is 0 Å². The van der Waals surface area contributed by atoms with Crippen molar-refractivity contribution in [2.24, 2.45) is 23.7 Å². The highest BCUT2D eigenvalue weighted by Crippen LogP contribution is 2.43. The van der Waals surface area contributed by atoms with Gasteiger partial charge in [0.05, 0.1) is 0 Å². The lowest BCUT2D eigenvalue weighted by Crippen LogP contribution is -2.39. The summed E-state index contributed by atoms with van der Waals surface area (Å²) < 4.78 is 0. The molecule has 2 aliphatic carbocycles. The lowest BCUT2D eigenvalue weighted by Gasteiger charge is -2.42. The van der Waals surface area contributed by atoms with Gasteiger partial charge in [0, 0.05) is 0 Å². The molecule has 4 atom stereocenters. The first-order chi connectivity index (χ1) is 13.4. The van der Waals surface area contributed by atoms with Crippen molar-refractivity contribution >= 4 is 0 Å². The first kappa shape index (κ1) is 20.9. The van der Waals surface area contributed by atoms with Crippen molar-refractivity contribution in [3.63, 3.8) is 0 Å². The van der Waals surface area contributed by atoms with Crippen LogP contribution in [-0.4, -0.2) is 26.2 Å². The normalized spacial score (nSPS) is 37.0. The minimum Gasteiger partial charge on any atom is -0.316 e. The first-order valence-electron chi connectivity index (χ1n) is 11.9. The minimum atomic E-state index is 0.653. The molecule has 0 spiro atoms. The highest BCUT2D eigenvalue weighted by Gasteiger charge is 2.36. The average molecular weight is 371 g/mol. The maximum Gasteiger partial charge on any atom is -0.000900 e. The van der Waals surface area contributed by atoms with Gasteiger partial charge in [-0.05, 0) is 101 Å². The molecule has 3 rings (SSSR count). The molecule has 0 amide bonds. The maximum absolute atomic E-state index is 3.81. The average Bonchev–Trinajstić information content (AvgIpc) is 2.70. The van der Waals surface area contributed by atoms with Crippen molar-refractivity contribution in [2.75, 3.05) is 26.2 Å². The van der Waals surface area contributed by atoms with Crippen molar-refractivity contribution in [1.29, 1.82) is 0 Å². The van der Waals surface area contributed by atoms with Crippen molar-refractivity contribution in [1.82, 2.24) is 10.6 Å². The van der Waals surface area contributed by atoms with E-state index in [1.54, 1.807) is 0 Å². The Morgan fingerprint density at radius 2 is 1.37 bits per heavy atom. The molecule has 27 heavy (non-hydrogen) atoms. The van der Waals surface area contributed by atoms with Gasteiger partial charge in [-0.15, -0.1) is 0 Å². The van der Waals surface area contributed by atoms with Gasteiger partial charge in [0.15, 0.2) is 0 Å². The van der Waals surface area contributed by atoms with Crippen LogP contribution in [0.1, 0.15) is 70.6 Å².